The summed E-state index contributed by atoms with van der Waals surface area (Å²) >= 11 is 0. The van der Waals surface area contributed by atoms with E-state index in [0.29, 0.717) is 0 Å². The Hall–Kier alpha value is -2.79. The van der Waals surface area contributed by atoms with Crippen LogP contribution in [0.1, 0.15) is 27.7 Å². The van der Waals surface area contributed by atoms with Crippen LogP contribution in [0.2, 0.25) is 0 Å². The number of rotatable bonds is 3. The van der Waals surface area contributed by atoms with Crippen molar-refractivity contribution in [3.63, 3.8) is 0 Å². The normalized spacial score (nSPS) is 13.6. The van der Waals surface area contributed by atoms with Gasteiger partial charge in [0.15, 0.2) is 0 Å². The second-order valence-electron chi connectivity index (χ2n) is 6.47. The fourth-order valence-electron chi connectivity index (χ4n) is 3.14. The van der Waals surface area contributed by atoms with Crippen LogP contribution in [0.4, 0.5) is 5.69 Å². The highest BCUT2D eigenvalue weighted by Crippen LogP contribution is 2.27. The van der Waals surface area contributed by atoms with E-state index in [1.54, 1.807) is 4.90 Å². The number of pyridine rings is 3. The Kier molecular flexibility index (Phi) is 9.25. The molecular weight excluding hydrogens is 358 g/mol. The van der Waals surface area contributed by atoms with Gasteiger partial charge in [0.05, 0.1) is 56.0 Å². The minimum atomic E-state index is 0.890. The molecule has 3 aromatic heterocycles. The number of piperazine rings is 1. The number of anilines is 1. The van der Waals surface area contributed by atoms with Gasteiger partial charge >= 0.3 is 0 Å². The van der Waals surface area contributed by atoms with Gasteiger partial charge < -0.3 is 9.80 Å². The summed E-state index contributed by atoms with van der Waals surface area (Å²) < 4.78 is 0. The van der Waals surface area contributed by atoms with Crippen LogP contribution in [0, 0.1) is 0 Å². The Balaban J connectivity index is 0.000000707. The van der Waals surface area contributed by atoms with Gasteiger partial charge in [-0.25, -0.2) is 4.98 Å². The van der Waals surface area contributed by atoms with Gasteiger partial charge in [0.1, 0.15) is 0 Å². The van der Waals surface area contributed by atoms with Gasteiger partial charge in [0.2, 0.25) is 0 Å². The van der Waals surface area contributed by atoms with Gasteiger partial charge in [0, 0.05) is 18.1 Å². The molecule has 1 aliphatic heterocycles. The summed E-state index contributed by atoms with van der Waals surface area (Å²) in [4.78, 5) is 17.8. The summed E-state index contributed by atoms with van der Waals surface area (Å²) in [5, 5.41) is 0. The van der Waals surface area contributed by atoms with Gasteiger partial charge in [-0.2, -0.15) is 0 Å². The lowest BCUT2D eigenvalue weighted by molar-refractivity contribution is -0.880. The van der Waals surface area contributed by atoms with Gasteiger partial charge in [0.25, 0.3) is 0 Å². The molecule has 0 atom stereocenters. The maximum Gasteiger partial charge on any atom is 0.0947 e. The van der Waals surface area contributed by atoms with Crippen molar-refractivity contribution in [2.24, 2.45) is 0 Å². The molecule has 0 aromatic carbocycles. The van der Waals surface area contributed by atoms with Gasteiger partial charge in [-0.3, -0.25) is 9.97 Å². The molecule has 5 heteroatoms. The topological polar surface area (TPSA) is 46.4 Å². The predicted octanol–water partition coefficient (Wildman–Crippen LogP) is 3.59. The Morgan fingerprint density at radius 2 is 1.21 bits per heavy atom. The van der Waals surface area contributed by atoms with E-state index >= 15 is 0 Å². The Morgan fingerprint density at radius 1 is 0.724 bits per heavy atom. The lowest BCUT2D eigenvalue weighted by Gasteiger charge is -2.32. The zero-order valence-corrected chi connectivity index (χ0v) is 18.4. The van der Waals surface area contributed by atoms with Crippen LogP contribution < -0.4 is 9.80 Å². The smallest absolute Gasteiger partial charge is 0.0947 e. The van der Waals surface area contributed by atoms with E-state index in [1.807, 2.05) is 76.5 Å². The van der Waals surface area contributed by atoms with Crippen LogP contribution in [0.3, 0.4) is 0 Å². The number of nitrogens with one attached hydrogen (secondary N) is 1. The number of quaternary nitrogens is 1. The maximum absolute atomic E-state index is 4.83. The van der Waals surface area contributed by atoms with E-state index < -0.39 is 0 Å². The van der Waals surface area contributed by atoms with Crippen molar-refractivity contribution in [2.45, 2.75) is 27.7 Å². The first-order valence-corrected chi connectivity index (χ1v) is 10.7. The predicted molar refractivity (Wildman–Crippen MR) is 122 cm³/mol. The molecule has 0 unspecified atom stereocenters. The van der Waals surface area contributed by atoms with E-state index in [1.165, 1.54) is 5.69 Å². The highest BCUT2D eigenvalue weighted by molar-refractivity contribution is 5.69. The molecule has 4 heterocycles. The van der Waals surface area contributed by atoms with Crippen molar-refractivity contribution in [3.05, 3.63) is 60.9 Å². The molecule has 4 rings (SSSR count). The number of aromatic nitrogens is 3. The minimum absolute atomic E-state index is 0.890. The Bertz CT molecular complexity index is 771. The molecular formula is C24H34N5+. The standard InChI is InChI=1S/C20H21N5.2C2H6/c1-24-10-12-25(13-11-24)16-14-19(17-6-2-4-8-21-17)23-20(15-16)18-7-3-5-9-22-18;2*1-2/h2-9,14-15H,10-13H2,1H3;2*1-2H3/p+1. The van der Waals surface area contributed by atoms with E-state index in [0.717, 1.165) is 49.0 Å². The minimum Gasteiger partial charge on any atom is -0.360 e. The van der Waals surface area contributed by atoms with E-state index in [9.17, 15) is 0 Å². The number of hydrogen-bond donors (Lipinski definition) is 1. The van der Waals surface area contributed by atoms with Crippen LogP contribution in [0.15, 0.2) is 60.9 Å². The molecule has 5 nitrogen and oxygen atoms in total. The molecule has 1 N–H and O–H groups in total. The molecule has 0 bridgehead atoms. The lowest BCUT2D eigenvalue weighted by atomic mass is 10.1. The molecule has 1 saturated heterocycles. The molecule has 3 aromatic rings. The fraction of sp³-hybridized carbons (Fsp3) is 0.375. The largest absolute Gasteiger partial charge is 0.360 e. The molecule has 0 amide bonds. The summed E-state index contributed by atoms with van der Waals surface area (Å²) in [5.41, 5.74) is 4.77. The second-order valence-corrected chi connectivity index (χ2v) is 6.47. The van der Waals surface area contributed by atoms with Crippen LogP contribution >= 0.6 is 0 Å². The second kappa shape index (κ2) is 11.9. The summed E-state index contributed by atoms with van der Waals surface area (Å²) in [5.74, 6) is 0. The first-order chi connectivity index (χ1) is 14.3. The van der Waals surface area contributed by atoms with Crippen LogP contribution in [0.25, 0.3) is 22.8 Å². The van der Waals surface area contributed by atoms with Crippen molar-refractivity contribution in [2.75, 3.05) is 38.1 Å². The van der Waals surface area contributed by atoms with Crippen molar-refractivity contribution >= 4 is 5.69 Å². The first-order valence-electron chi connectivity index (χ1n) is 10.7. The summed E-state index contributed by atoms with van der Waals surface area (Å²) in [7, 11) is 2.25. The number of likely N-dealkylation sites (N-methyl/N-ethyl adjacent to an activating group) is 1. The lowest BCUT2D eigenvalue weighted by Crippen LogP contribution is -3.12. The maximum atomic E-state index is 4.83. The third-order valence-electron chi connectivity index (χ3n) is 4.65. The average Bonchev–Trinajstić information content (AvgIpc) is 2.83. The number of nitrogens with zero attached hydrogens (tertiary/aromatic N) is 4. The molecule has 0 aliphatic carbocycles. The third kappa shape index (κ3) is 6.09. The SMILES string of the molecule is CC.CC.C[NH+]1CCN(c2cc(-c3ccccn3)nc(-c3ccccn3)c2)CC1. The van der Waals surface area contributed by atoms with Crippen LogP contribution in [-0.4, -0.2) is 48.2 Å². The van der Waals surface area contributed by atoms with Crippen LogP contribution in [-0.2, 0) is 0 Å². The monoisotopic (exact) mass is 392 g/mol. The highest BCUT2D eigenvalue weighted by atomic mass is 15.2. The summed E-state index contributed by atoms with van der Waals surface area (Å²) in [6.45, 7) is 12.4. The fourth-order valence-corrected chi connectivity index (χ4v) is 3.14. The Morgan fingerprint density at radius 3 is 1.62 bits per heavy atom. The molecule has 0 spiro atoms. The van der Waals surface area contributed by atoms with E-state index in [-0.39, 0.29) is 0 Å². The van der Waals surface area contributed by atoms with Gasteiger partial charge in [-0.05, 0) is 36.4 Å². The van der Waals surface area contributed by atoms with Crippen LogP contribution in [0.5, 0.6) is 0 Å². The quantitative estimate of drug-likeness (QED) is 0.740. The van der Waals surface area contributed by atoms with Gasteiger partial charge in [-0.15, -0.1) is 0 Å². The summed E-state index contributed by atoms with van der Waals surface area (Å²) in [6.07, 6.45) is 3.62. The average molecular weight is 393 g/mol. The van der Waals surface area contributed by atoms with E-state index in [4.69, 9.17) is 4.98 Å². The van der Waals surface area contributed by atoms with E-state index in [2.05, 4.69) is 34.0 Å². The Labute approximate surface area is 175 Å². The molecule has 29 heavy (non-hydrogen) atoms. The third-order valence-corrected chi connectivity index (χ3v) is 4.65. The first kappa shape index (κ1) is 22.5. The zero-order valence-electron chi connectivity index (χ0n) is 18.4. The molecule has 1 aliphatic rings. The van der Waals surface area contributed by atoms with Crippen molar-refractivity contribution < 1.29 is 4.90 Å². The molecule has 0 saturated carbocycles. The van der Waals surface area contributed by atoms with Crippen molar-refractivity contribution in [1.82, 2.24) is 15.0 Å². The molecule has 154 valence electrons. The molecule has 0 radical (unpaired) electrons. The zero-order chi connectivity index (χ0) is 21.1. The van der Waals surface area contributed by atoms with Gasteiger partial charge in [-0.1, -0.05) is 39.8 Å². The summed E-state index contributed by atoms with van der Waals surface area (Å²) in [6, 6.07) is 16.1. The van der Waals surface area contributed by atoms with Crippen molar-refractivity contribution in [1.29, 1.82) is 0 Å². The van der Waals surface area contributed by atoms with Crippen molar-refractivity contribution in [3.8, 4) is 22.8 Å². The highest BCUT2D eigenvalue weighted by Gasteiger charge is 2.19. The number of hydrogen-bond acceptors (Lipinski definition) is 4. The molecule has 1 fully saturated rings.